The maximum Gasteiger partial charge on any atom is 0.272 e. The van der Waals surface area contributed by atoms with Gasteiger partial charge in [-0.15, -0.1) is 4.83 Å². The summed E-state index contributed by atoms with van der Waals surface area (Å²) in [6.45, 7) is 0.782. The molecular weight excluding hydrogens is 351 g/mol. The average molecular weight is 366 g/mol. The summed E-state index contributed by atoms with van der Waals surface area (Å²) in [5, 5.41) is 0. The van der Waals surface area contributed by atoms with Crippen LogP contribution in [0.25, 0.3) is 0 Å². The number of ketones is 1. The summed E-state index contributed by atoms with van der Waals surface area (Å²) < 4.78 is 42.4. The molecule has 0 atom stereocenters. The van der Waals surface area contributed by atoms with E-state index in [1.165, 1.54) is 55.5 Å². The van der Waals surface area contributed by atoms with E-state index >= 15 is 0 Å². The molecule has 132 valence electrons. The Labute approximate surface area is 143 Å². The van der Waals surface area contributed by atoms with Crippen LogP contribution in [-0.2, 0) is 14.8 Å². The molecule has 7 nitrogen and oxygen atoms in total. The van der Waals surface area contributed by atoms with Crippen molar-refractivity contribution in [3.8, 4) is 5.75 Å². The van der Waals surface area contributed by atoms with E-state index in [2.05, 4.69) is 0 Å². The molecule has 0 aliphatic rings. The number of nitrogens with one attached hydrogen (secondary N) is 2. The van der Waals surface area contributed by atoms with Crippen molar-refractivity contribution in [3.05, 3.63) is 59.9 Å². The number of para-hydroxylation sites is 1. The molecule has 2 aromatic rings. The Morgan fingerprint density at radius 3 is 2.32 bits per heavy atom. The number of rotatable bonds is 7. The van der Waals surface area contributed by atoms with Gasteiger partial charge >= 0.3 is 0 Å². The quantitative estimate of drug-likeness (QED) is 0.570. The van der Waals surface area contributed by atoms with Crippen LogP contribution in [0.2, 0.25) is 0 Å². The molecule has 0 unspecified atom stereocenters. The lowest BCUT2D eigenvalue weighted by molar-refractivity contribution is -0.123. The lowest BCUT2D eigenvalue weighted by Crippen LogP contribution is -2.43. The fraction of sp³-hybridized carbons (Fsp3) is 0.125. The molecule has 0 saturated carbocycles. The lowest BCUT2D eigenvalue weighted by atomic mass is 10.2. The molecule has 0 fully saturated rings. The Morgan fingerprint density at radius 1 is 1.08 bits per heavy atom. The van der Waals surface area contributed by atoms with Crippen molar-refractivity contribution in [1.82, 2.24) is 10.3 Å². The fourth-order valence-corrected chi connectivity index (χ4v) is 2.65. The van der Waals surface area contributed by atoms with Gasteiger partial charge in [-0.05, 0) is 31.2 Å². The summed E-state index contributed by atoms with van der Waals surface area (Å²) in [4.78, 5) is 24.5. The van der Waals surface area contributed by atoms with E-state index < -0.39 is 28.4 Å². The minimum atomic E-state index is -4.01. The first-order chi connectivity index (χ1) is 11.8. The van der Waals surface area contributed by atoms with Crippen molar-refractivity contribution < 1.29 is 27.1 Å². The number of hydrogen-bond donors (Lipinski definition) is 2. The van der Waals surface area contributed by atoms with Crippen LogP contribution < -0.4 is 15.0 Å². The summed E-state index contributed by atoms with van der Waals surface area (Å²) in [6, 6.07) is 10.7. The maximum atomic E-state index is 13.3. The molecule has 0 aliphatic carbocycles. The van der Waals surface area contributed by atoms with Crippen LogP contribution in [0.4, 0.5) is 4.39 Å². The zero-order valence-corrected chi connectivity index (χ0v) is 14.0. The van der Waals surface area contributed by atoms with Crippen molar-refractivity contribution in [3.63, 3.8) is 0 Å². The maximum absolute atomic E-state index is 13.3. The number of carbonyl (C=O) groups excluding carboxylic acids is 2. The van der Waals surface area contributed by atoms with Gasteiger partial charge in [-0.2, -0.15) is 0 Å². The summed E-state index contributed by atoms with van der Waals surface area (Å²) in [7, 11) is -4.01. The molecule has 2 rings (SSSR count). The SMILES string of the molecule is CC(=O)c1ccc(S(=O)(=O)NNC(=O)COc2ccccc2F)cc1. The molecule has 2 aromatic carbocycles. The molecule has 0 heterocycles. The van der Waals surface area contributed by atoms with Gasteiger partial charge < -0.3 is 4.74 Å². The van der Waals surface area contributed by atoms with Crippen LogP contribution in [0.15, 0.2) is 53.4 Å². The van der Waals surface area contributed by atoms with Crippen LogP contribution in [0.5, 0.6) is 5.75 Å². The Kier molecular flexibility index (Phi) is 5.84. The number of carbonyl (C=O) groups is 2. The largest absolute Gasteiger partial charge is 0.481 e. The Morgan fingerprint density at radius 2 is 1.72 bits per heavy atom. The van der Waals surface area contributed by atoms with Crippen LogP contribution >= 0.6 is 0 Å². The number of hydrazine groups is 1. The molecule has 0 spiro atoms. The van der Waals surface area contributed by atoms with Gasteiger partial charge in [0.1, 0.15) is 0 Å². The van der Waals surface area contributed by atoms with E-state index in [4.69, 9.17) is 4.74 Å². The Balaban J connectivity index is 1.91. The molecule has 0 bridgehead atoms. The highest BCUT2D eigenvalue weighted by atomic mass is 32.2. The number of amides is 1. The number of benzene rings is 2. The highest BCUT2D eigenvalue weighted by Gasteiger charge is 2.16. The zero-order valence-electron chi connectivity index (χ0n) is 13.2. The third kappa shape index (κ3) is 5.10. The summed E-state index contributed by atoms with van der Waals surface area (Å²) in [5.41, 5.74) is 2.32. The Hall–Kier alpha value is -2.78. The monoisotopic (exact) mass is 366 g/mol. The normalized spacial score (nSPS) is 11.0. The number of hydrogen-bond acceptors (Lipinski definition) is 5. The number of sulfonamides is 1. The molecule has 0 aromatic heterocycles. The molecule has 25 heavy (non-hydrogen) atoms. The zero-order chi connectivity index (χ0) is 18.4. The Bertz CT molecular complexity index is 882. The second-order valence-corrected chi connectivity index (χ2v) is 6.64. The lowest BCUT2D eigenvalue weighted by Gasteiger charge is -2.10. The number of ether oxygens (including phenoxy) is 1. The minimum Gasteiger partial charge on any atom is -0.481 e. The first-order valence-corrected chi connectivity index (χ1v) is 8.57. The van der Waals surface area contributed by atoms with Crippen molar-refractivity contribution in [1.29, 1.82) is 0 Å². The third-order valence-electron chi connectivity index (χ3n) is 3.09. The highest BCUT2D eigenvalue weighted by molar-refractivity contribution is 7.89. The average Bonchev–Trinajstić information content (AvgIpc) is 2.59. The van der Waals surface area contributed by atoms with Crippen LogP contribution in [0.1, 0.15) is 17.3 Å². The van der Waals surface area contributed by atoms with Crippen LogP contribution in [0, 0.1) is 5.82 Å². The van der Waals surface area contributed by atoms with Crippen molar-refractivity contribution in [2.24, 2.45) is 0 Å². The fourth-order valence-electron chi connectivity index (χ4n) is 1.79. The van der Waals surface area contributed by atoms with E-state index in [1.54, 1.807) is 0 Å². The second kappa shape index (κ2) is 7.86. The van der Waals surface area contributed by atoms with Gasteiger partial charge in [-0.3, -0.25) is 15.0 Å². The summed E-state index contributed by atoms with van der Waals surface area (Å²) >= 11 is 0. The van der Waals surface area contributed by atoms with Gasteiger partial charge in [0.2, 0.25) is 0 Å². The van der Waals surface area contributed by atoms with Crippen molar-refractivity contribution in [2.75, 3.05) is 6.61 Å². The molecular formula is C16H15FN2O5S. The third-order valence-corrected chi connectivity index (χ3v) is 4.35. The molecule has 0 aliphatic heterocycles. The van der Waals surface area contributed by atoms with Crippen LogP contribution in [-0.4, -0.2) is 26.7 Å². The van der Waals surface area contributed by atoms with Crippen molar-refractivity contribution >= 4 is 21.7 Å². The molecule has 0 radical (unpaired) electrons. The van der Waals surface area contributed by atoms with Gasteiger partial charge in [0, 0.05) is 5.56 Å². The van der Waals surface area contributed by atoms with Gasteiger partial charge in [0.15, 0.2) is 24.0 Å². The van der Waals surface area contributed by atoms with E-state index in [0.717, 1.165) is 0 Å². The number of halogens is 1. The first-order valence-electron chi connectivity index (χ1n) is 7.08. The van der Waals surface area contributed by atoms with Crippen molar-refractivity contribution in [2.45, 2.75) is 11.8 Å². The first kappa shape index (κ1) is 18.6. The smallest absolute Gasteiger partial charge is 0.272 e. The summed E-state index contributed by atoms with van der Waals surface area (Å²) in [6.07, 6.45) is 0. The molecule has 2 N–H and O–H groups in total. The van der Waals surface area contributed by atoms with Gasteiger partial charge in [-0.1, -0.05) is 24.3 Å². The second-order valence-electron chi connectivity index (χ2n) is 4.95. The predicted octanol–water partition coefficient (Wildman–Crippen LogP) is 1.42. The standard InChI is InChI=1S/C16H15FN2O5S/c1-11(20)12-6-8-13(9-7-12)25(22,23)19-18-16(21)10-24-15-5-3-2-4-14(15)17/h2-9,19H,10H2,1H3,(H,18,21). The topological polar surface area (TPSA) is 102 Å². The molecule has 9 heteroatoms. The van der Waals surface area contributed by atoms with E-state index in [0.29, 0.717) is 5.56 Å². The van der Waals surface area contributed by atoms with Gasteiger partial charge in [-0.25, -0.2) is 12.8 Å². The highest BCUT2D eigenvalue weighted by Crippen LogP contribution is 2.15. The summed E-state index contributed by atoms with van der Waals surface area (Å²) in [5.74, 6) is -1.77. The van der Waals surface area contributed by atoms with E-state index in [9.17, 15) is 22.4 Å². The van der Waals surface area contributed by atoms with E-state index in [-0.39, 0.29) is 16.4 Å². The number of Topliss-reactive ketones (excluding diaryl/α,β-unsaturated/α-hetero) is 1. The molecule has 0 saturated heterocycles. The van der Waals surface area contributed by atoms with E-state index in [1.807, 2.05) is 10.3 Å². The predicted molar refractivity (Wildman–Crippen MR) is 86.8 cm³/mol. The van der Waals surface area contributed by atoms with Crippen LogP contribution in [0.3, 0.4) is 0 Å². The van der Waals surface area contributed by atoms with Gasteiger partial charge in [0.05, 0.1) is 4.90 Å². The van der Waals surface area contributed by atoms with Gasteiger partial charge in [0.25, 0.3) is 15.9 Å². The molecule has 1 amide bonds. The minimum absolute atomic E-state index is 0.125.